The molecule has 2 aromatic rings. The Balaban J connectivity index is 1.82. The van der Waals surface area contributed by atoms with Crippen molar-refractivity contribution in [2.75, 3.05) is 20.3 Å². The first-order valence-electron chi connectivity index (χ1n) is 6.04. The van der Waals surface area contributed by atoms with Gasteiger partial charge in [-0.2, -0.15) is 0 Å². The van der Waals surface area contributed by atoms with Crippen molar-refractivity contribution < 1.29 is 14.2 Å². The molecule has 2 rings (SSSR count). The minimum Gasteiger partial charge on any atom is -0.497 e. The van der Waals surface area contributed by atoms with E-state index in [0.29, 0.717) is 29.0 Å². The van der Waals surface area contributed by atoms with Crippen molar-refractivity contribution in [3.8, 4) is 17.2 Å². The van der Waals surface area contributed by atoms with Crippen molar-refractivity contribution in [1.29, 1.82) is 0 Å². The van der Waals surface area contributed by atoms with Gasteiger partial charge in [-0.25, -0.2) is 0 Å². The summed E-state index contributed by atoms with van der Waals surface area (Å²) in [6.07, 6.45) is 0. The van der Waals surface area contributed by atoms with E-state index in [0.717, 1.165) is 11.5 Å². The molecule has 0 aromatic heterocycles. The maximum atomic E-state index is 5.99. The molecule has 106 valence electrons. The first kappa shape index (κ1) is 14.8. The number of hydrogen-bond donors (Lipinski definition) is 0. The SMILES string of the molecule is COc1cccc(OCCOc2cc(Cl)ccc2Cl)c1. The van der Waals surface area contributed by atoms with E-state index in [-0.39, 0.29) is 0 Å². The van der Waals surface area contributed by atoms with Crippen LogP contribution < -0.4 is 14.2 Å². The molecule has 0 fully saturated rings. The monoisotopic (exact) mass is 312 g/mol. The molecule has 3 nitrogen and oxygen atoms in total. The molecule has 0 aliphatic heterocycles. The molecule has 0 saturated heterocycles. The van der Waals surface area contributed by atoms with E-state index in [1.807, 2.05) is 24.3 Å². The van der Waals surface area contributed by atoms with Crippen molar-refractivity contribution in [3.05, 3.63) is 52.5 Å². The van der Waals surface area contributed by atoms with Crippen LogP contribution in [0.2, 0.25) is 10.0 Å². The zero-order valence-electron chi connectivity index (χ0n) is 10.9. The van der Waals surface area contributed by atoms with E-state index in [1.165, 1.54) is 0 Å². The fraction of sp³-hybridized carbons (Fsp3) is 0.200. The lowest BCUT2D eigenvalue weighted by Gasteiger charge is -2.10. The smallest absolute Gasteiger partial charge is 0.139 e. The van der Waals surface area contributed by atoms with Crippen molar-refractivity contribution in [3.63, 3.8) is 0 Å². The maximum Gasteiger partial charge on any atom is 0.139 e. The zero-order valence-corrected chi connectivity index (χ0v) is 12.4. The summed E-state index contributed by atoms with van der Waals surface area (Å²) in [5.74, 6) is 2.03. The van der Waals surface area contributed by atoms with E-state index >= 15 is 0 Å². The molecule has 0 unspecified atom stereocenters. The van der Waals surface area contributed by atoms with Gasteiger partial charge in [-0.05, 0) is 24.3 Å². The van der Waals surface area contributed by atoms with Gasteiger partial charge in [0.15, 0.2) is 0 Å². The second kappa shape index (κ2) is 7.27. The molecule has 0 atom stereocenters. The highest BCUT2D eigenvalue weighted by molar-refractivity contribution is 6.34. The third-order valence-electron chi connectivity index (χ3n) is 2.54. The number of halogens is 2. The molecule has 0 spiro atoms. The fourth-order valence-corrected chi connectivity index (χ4v) is 1.92. The molecule has 0 aliphatic carbocycles. The van der Waals surface area contributed by atoms with E-state index < -0.39 is 0 Å². The zero-order chi connectivity index (χ0) is 14.4. The molecule has 0 bridgehead atoms. The predicted octanol–water partition coefficient (Wildman–Crippen LogP) is 4.46. The molecule has 0 saturated carbocycles. The molecule has 20 heavy (non-hydrogen) atoms. The Morgan fingerprint density at radius 3 is 2.45 bits per heavy atom. The summed E-state index contributed by atoms with van der Waals surface area (Å²) < 4.78 is 16.2. The van der Waals surface area contributed by atoms with Crippen LogP contribution in [0.15, 0.2) is 42.5 Å². The predicted molar refractivity (Wildman–Crippen MR) is 80.4 cm³/mol. The third kappa shape index (κ3) is 4.22. The van der Waals surface area contributed by atoms with Gasteiger partial charge in [-0.1, -0.05) is 29.3 Å². The number of benzene rings is 2. The molecule has 0 heterocycles. The van der Waals surface area contributed by atoms with Crippen LogP contribution >= 0.6 is 23.2 Å². The standard InChI is InChI=1S/C15H14Cl2O3/c1-18-12-3-2-4-13(10-12)19-7-8-20-15-9-11(16)5-6-14(15)17/h2-6,9-10H,7-8H2,1H3. The molecular formula is C15H14Cl2O3. The highest BCUT2D eigenvalue weighted by atomic mass is 35.5. The van der Waals surface area contributed by atoms with E-state index in [1.54, 1.807) is 25.3 Å². The lowest BCUT2D eigenvalue weighted by Crippen LogP contribution is -2.09. The third-order valence-corrected chi connectivity index (χ3v) is 3.09. The van der Waals surface area contributed by atoms with Gasteiger partial charge in [0.2, 0.25) is 0 Å². The lowest BCUT2D eigenvalue weighted by molar-refractivity contribution is 0.216. The van der Waals surface area contributed by atoms with Crippen LogP contribution in [0.3, 0.4) is 0 Å². The van der Waals surface area contributed by atoms with E-state index in [9.17, 15) is 0 Å². The number of ether oxygens (including phenoxy) is 3. The van der Waals surface area contributed by atoms with Gasteiger partial charge in [-0.15, -0.1) is 0 Å². The van der Waals surface area contributed by atoms with E-state index in [2.05, 4.69) is 0 Å². The topological polar surface area (TPSA) is 27.7 Å². The van der Waals surface area contributed by atoms with Crippen LogP contribution in [0.1, 0.15) is 0 Å². The molecule has 0 radical (unpaired) electrons. The molecule has 0 amide bonds. The number of methoxy groups -OCH3 is 1. The Labute approximate surface area is 128 Å². The Morgan fingerprint density at radius 2 is 1.65 bits per heavy atom. The molecule has 5 heteroatoms. The Hall–Kier alpha value is -1.58. The van der Waals surface area contributed by atoms with Gasteiger partial charge < -0.3 is 14.2 Å². The van der Waals surface area contributed by atoms with Crippen molar-refractivity contribution in [2.45, 2.75) is 0 Å². The summed E-state index contributed by atoms with van der Waals surface area (Å²) in [6, 6.07) is 12.5. The van der Waals surface area contributed by atoms with Gasteiger partial charge >= 0.3 is 0 Å². The fourth-order valence-electron chi connectivity index (χ4n) is 1.59. The van der Waals surface area contributed by atoms with Crippen molar-refractivity contribution >= 4 is 23.2 Å². The Kier molecular flexibility index (Phi) is 5.39. The summed E-state index contributed by atoms with van der Waals surface area (Å²) in [5, 5.41) is 1.11. The Bertz CT molecular complexity index is 573. The molecule has 0 aliphatic rings. The molecule has 2 aromatic carbocycles. The maximum absolute atomic E-state index is 5.99. The largest absolute Gasteiger partial charge is 0.497 e. The van der Waals surface area contributed by atoms with Crippen LogP contribution in [-0.4, -0.2) is 20.3 Å². The minimum absolute atomic E-state index is 0.372. The van der Waals surface area contributed by atoms with E-state index in [4.69, 9.17) is 37.4 Å². The summed E-state index contributed by atoms with van der Waals surface area (Å²) in [6.45, 7) is 0.771. The van der Waals surface area contributed by atoms with Crippen LogP contribution in [-0.2, 0) is 0 Å². The quantitative estimate of drug-likeness (QED) is 0.737. The lowest BCUT2D eigenvalue weighted by atomic mass is 10.3. The summed E-state index contributed by atoms with van der Waals surface area (Å²) in [5.41, 5.74) is 0. The first-order valence-corrected chi connectivity index (χ1v) is 6.79. The van der Waals surface area contributed by atoms with Crippen LogP contribution in [0.25, 0.3) is 0 Å². The highest BCUT2D eigenvalue weighted by Gasteiger charge is 2.03. The van der Waals surface area contributed by atoms with Crippen molar-refractivity contribution in [1.82, 2.24) is 0 Å². The highest BCUT2D eigenvalue weighted by Crippen LogP contribution is 2.27. The average molecular weight is 313 g/mol. The van der Waals surface area contributed by atoms with Gasteiger partial charge in [-0.3, -0.25) is 0 Å². The summed E-state index contributed by atoms with van der Waals surface area (Å²) >= 11 is 11.9. The van der Waals surface area contributed by atoms with Gasteiger partial charge in [0, 0.05) is 17.2 Å². The minimum atomic E-state index is 0.372. The summed E-state index contributed by atoms with van der Waals surface area (Å²) in [4.78, 5) is 0. The second-order valence-electron chi connectivity index (χ2n) is 3.95. The van der Waals surface area contributed by atoms with Crippen molar-refractivity contribution in [2.24, 2.45) is 0 Å². The van der Waals surface area contributed by atoms with Gasteiger partial charge in [0.05, 0.1) is 12.1 Å². The van der Waals surface area contributed by atoms with Crippen LogP contribution in [0.4, 0.5) is 0 Å². The number of hydrogen-bond acceptors (Lipinski definition) is 3. The second-order valence-corrected chi connectivity index (χ2v) is 4.79. The molecular weight excluding hydrogens is 299 g/mol. The van der Waals surface area contributed by atoms with Crippen LogP contribution in [0, 0.1) is 0 Å². The molecule has 0 N–H and O–H groups in total. The first-order chi connectivity index (χ1) is 9.69. The van der Waals surface area contributed by atoms with Crippen LogP contribution in [0.5, 0.6) is 17.2 Å². The van der Waals surface area contributed by atoms with Gasteiger partial charge in [0.1, 0.15) is 30.5 Å². The number of rotatable bonds is 6. The normalized spacial score (nSPS) is 10.2. The van der Waals surface area contributed by atoms with Gasteiger partial charge in [0.25, 0.3) is 0 Å². The average Bonchev–Trinajstić information content (AvgIpc) is 2.47. The summed E-state index contributed by atoms with van der Waals surface area (Å²) in [7, 11) is 1.61. The Morgan fingerprint density at radius 1 is 0.900 bits per heavy atom.